The van der Waals surface area contributed by atoms with E-state index in [1.54, 1.807) is 12.5 Å². The van der Waals surface area contributed by atoms with Gasteiger partial charge in [-0.15, -0.1) is 5.10 Å². The first-order valence-electron chi connectivity index (χ1n) is 7.19. The van der Waals surface area contributed by atoms with Crippen molar-refractivity contribution < 1.29 is 4.42 Å². The molecule has 0 saturated heterocycles. The number of aromatic nitrogens is 4. The van der Waals surface area contributed by atoms with E-state index in [0.29, 0.717) is 18.0 Å². The molecule has 0 aliphatic heterocycles. The van der Waals surface area contributed by atoms with Gasteiger partial charge in [0.2, 0.25) is 5.65 Å². The molecule has 3 rings (SSSR count). The van der Waals surface area contributed by atoms with Crippen molar-refractivity contribution in [2.75, 3.05) is 11.9 Å². The average Bonchev–Trinajstić information content (AvgIpc) is 3.08. The van der Waals surface area contributed by atoms with E-state index in [4.69, 9.17) is 4.42 Å². The molecule has 0 aromatic carbocycles. The summed E-state index contributed by atoms with van der Waals surface area (Å²) in [5.74, 6) is 1.49. The van der Waals surface area contributed by atoms with Crippen molar-refractivity contribution in [1.82, 2.24) is 19.6 Å². The van der Waals surface area contributed by atoms with Gasteiger partial charge < -0.3 is 9.73 Å². The van der Waals surface area contributed by atoms with Gasteiger partial charge in [-0.05, 0) is 12.1 Å². The summed E-state index contributed by atoms with van der Waals surface area (Å²) in [6.07, 6.45) is 4.12. The Labute approximate surface area is 127 Å². The quantitative estimate of drug-likeness (QED) is 0.769. The first-order valence-corrected chi connectivity index (χ1v) is 7.19. The van der Waals surface area contributed by atoms with Crippen LogP contribution in [0.25, 0.3) is 5.65 Å². The maximum absolute atomic E-state index is 11.8. The van der Waals surface area contributed by atoms with E-state index in [-0.39, 0.29) is 11.1 Å². The van der Waals surface area contributed by atoms with E-state index in [9.17, 15) is 4.79 Å². The predicted molar refractivity (Wildman–Crippen MR) is 83.2 cm³/mol. The molecule has 0 unspecified atom stereocenters. The lowest BCUT2D eigenvalue weighted by Crippen LogP contribution is -2.20. The molecule has 22 heavy (non-hydrogen) atoms. The molecule has 0 amide bonds. The van der Waals surface area contributed by atoms with Gasteiger partial charge in [-0.3, -0.25) is 0 Å². The second-order valence-electron chi connectivity index (χ2n) is 6.20. The molecule has 7 nitrogen and oxygen atoms in total. The largest absolute Gasteiger partial charge is 0.469 e. The molecule has 0 radical (unpaired) electrons. The fourth-order valence-electron chi connectivity index (χ4n) is 2.15. The normalized spacial score (nSPS) is 12.0. The molecule has 3 aromatic heterocycles. The molecular weight excluding hydrogens is 282 g/mol. The molecule has 116 valence electrons. The summed E-state index contributed by atoms with van der Waals surface area (Å²) < 4.78 is 6.79. The summed E-state index contributed by atoms with van der Waals surface area (Å²) in [5.41, 5.74) is 0.890. The van der Waals surface area contributed by atoms with Crippen molar-refractivity contribution >= 4 is 11.5 Å². The van der Waals surface area contributed by atoms with Gasteiger partial charge in [-0.2, -0.15) is 0 Å². The van der Waals surface area contributed by atoms with Crippen molar-refractivity contribution in [2.45, 2.75) is 32.6 Å². The highest BCUT2D eigenvalue weighted by Crippen LogP contribution is 2.22. The van der Waals surface area contributed by atoms with E-state index >= 15 is 0 Å². The molecule has 3 heterocycles. The molecule has 0 atom stereocenters. The summed E-state index contributed by atoms with van der Waals surface area (Å²) in [4.78, 5) is 16.5. The lowest BCUT2D eigenvalue weighted by atomic mass is 9.93. The van der Waals surface area contributed by atoms with E-state index in [2.05, 4.69) is 41.3 Å². The van der Waals surface area contributed by atoms with Crippen molar-refractivity contribution in [3.63, 3.8) is 0 Å². The number of H-pyrrole nitrogens is 1. The minimum Gasteiger partial charge on any atom is -0.469 e. The van der Waals surface area contributed by atoms with Crippen LogP contribution in [0.1, 0.15) is 32.2 Å². The van der Waals surface area contributed by atoms with Crippen molar-refractivity contribution in [2.24, 2.45) is 0 Å². The molecule has 0 saturated carbocycles. The second-order valence-corrected chi connectivity index (χ2v) is 6.20. The lowest BCUT2D eigenvalue weighted by molar-refractivity contribution is 0.512. The molecule has 3 aromatic rings. The summed E-state index contributed by atoms with van der Waals surface area (Å²) in [6.45, 7) is 6.81. The molecule has 0 aliphatic rings. The Morgan fingerprint density at radius 3 is 2.91 bits per heavy atom. The number of nitrogens with one attached hydrogen (secondary N) is 2. The maximum atomic E-state index is 11.8. The number of hydrogen-bond donors (Lipinski definition) is 2. The molecule has 2 N–H and O–H groups in total. The number of rotatable bonds is 4. The van der Waals surface area contributed by atoms with Gasteiger partial charge in [0, 0.05) is 24.6 Å². The first-order chi connectivity index (χ1) is 10.4. The third-order valence-electron chi connectivity index (χ3n) is 3.41. The molecule has 0 aliphatic carbocycles. The number of fused-ring (bicyclic) bond motifs is 1. The third kappa shape index (κ3) is 2.74. The Bertz CT molecular complexity index is 824. The third-order valence-corrected chi connectivity index (χ3v) is 3.41. The zero-order valence-electron chi connectivity index (χ0n) is 12.9. The molecular formula is C15H19N5O2. The smallest absolute Gasteiger partial charge is 0.347 e. The molecule has 7 heteroatoms. The minimum atomic E-state index is -0.267. The van der Waals surface area contributed by atoms with Crippen LogP contribution in [0.15, 0.2) is 33.8 Å². The topological polar surface area (TPSA) is 88.2 Å². The van der Waals surface area contributed by atoms with Gasteiger partial charge >= 0.3 is 5.69 Å². The van der Waals surface area contributed by atoms with Gasteiger partial charge in [0.15, 0.2) is 5.82 Å². The van der Waals surface area contributed by atoms with Crippen LogP contribution in [0, 0.1) is 0 Å². The number of anilines is 1. The van der Waals surface area contributed by atoms with Crippen LogP contribution in [-0.2, 0) is 11.8 Å². The first kappa shape index (κ1) is 14.4. The van der Waals surface area contributed by atoms with Gasteiger partial charge in [0.1, 0.15) is 5.76 Å². The SMILES string of the molecule is CC(C)(C)c1cn2c(=O)[nH]nc2c(NCCc2ccco2)n1. The Hall–Kier alpha value is -2.57. The van der Waals surface area contributed by atoms with E-state index < -0.39 is 0 Å². The fraction of sp³-hybridized carbons (Fsp3) is 0.400. The zero-order chi connectivity index (χ0) is 15.7. The second kappa shape index (κ2) is 5.32. The molecule has 0 fully saturated rings. The minimum absolute atomic E-state index is 0.164. The van der Waals surface area contributed by atoms with Crippen LogP contribution in [0.3, 0.4) is 0 Å². The van der Waals surface area contributed by atoms with Crippen LogP contribution in [-0.4, -0.2) is 26.1 Å². The van der Waals surface area contributed by atoms with Gasteiger partial charge in [0.05, 0.1) is 12.0 Å². The number of aromatic amines is 1. The highest BCUT2D eigenvalue weighted by Gasteiger charge is 2.19. The average molecular weight is 301 g/mol. The number of furan rings is 1. The van der Waals surface area contributed by atoms with Crippen molar-refractivity contribution in [1.29, 1.82) is 0 Å². The Morgan fingerprint density at radius 2 is 2.23 bits per heavy atom. The summed E-state index contributed by atoms with van der Waals surface area (Å²) in [7, 11) is 0. The van der Waals surface area contributed by atoms with Gasteiger partial charge in [-0.1, -0.05) is 20.8 Å². The summed E-state index contributed by atoms with van der Waals surface area (Å²) >= 11 is 0. The van der Waals surface area contributed by atoms with Crippen LogP contribution in [0.4, 0.5) is 5.82 Å². The standard InChI is InChI=1S/C15H19N5O2/c1-15(2,3)11-9-20-13(18-19-14(20)21)12(17-11)16-7-6-10-5-4-8-22-10/h4-5,8-9H,6-7H2,1-3H3,(H,16,17)(H,19,21). The van der Waals surface area contributed by atoms with Crippen LogP contribution < -0.4 is 11.0 Å². The van der Waals surface area contributed by atoms with E-state index in [1.165, 1.54) is 4.40 Å². The molecule has 0 bridgehead atoms. The Balaban J connectivity index is 1.91. The highest BCUT2D eigenvalue weighted by molar-refractivity contribution is 5.62. The summed E-state index contributed by atoms with van der Waals surface area (Å²) in [6, 6.07) is 3.79. The van der Waals surface area contributed by atoms with Crippen molar-refractivity contribution in [3.8, 4) is 0 Å². The van der Waals surface area contributed by atoms with Crippen molar-refractivity contribution in [3.05, 3.63) is 46.5 Å². The monoisotopic (exact) mass is 301 g/mol. The Morgan fingerprint density at radius 1 is 1.41 bits per heavy atom. The maximum Gasteiger partial charge on any atom is 0.347 e. The highest BCUT2D eigenvalue weighted by atomic mass is 16.3. The predicted octanol–water partition coefficient (Wildman–Crippen LogP) is 1.96. The van der Waals surface area contributed by atoms with E-state index in [0.717, 1.165) is 17.9 Å². The Kier molecular flexibility index (Phi) is 3.48. The zero-order valence-corrected chi connectivity index (χ0v) is 12.9. The number of hydrogen-bond acceptors (Lipinski definition) is 5. The number of nitrogens with zero attached hydrogens (tertiary/aromatic N) is 3. The lowest BCUT2D eigenvalue weighted by Gasteiger charge is -2.19. The molecule has 0 spiro atoms. The fourth-order valence-corrected chi connectivity index (χ4v) is 2.15. The van der Waals surface area contributed by atoms with Crippen LogP contribution >= 0.6 is 0 Å². The van der Waals surface area contributed by atoms with E-state index in [1.807, 2.05) is 12.1 Å². The van der Waals surface area contributed by atoms with Gasteiger partial charge in [-0.25, -0.2) is 19.3 Å². The van der Waals surface area contributed by atoms with Crippen LogP contribution in [0.5, 0.6) is 0 Å². The summed E-state index contributed by atoms with van der Waals surface area (Å²) in [5, 5.41) is 9.73. The van der Waals surface area contributed by atoms with Crippen LogP contribution in [0.2, 0.25) is 0 Å². The van der Waals surface area contributed by atoms with Gasteiger partial charge in [0.25, 0.3) is 0 Å².